The van der Waals surface area contributed by atoms with E-state index in [1.807, 2.05) is 0 Å². The van der Waals surface area contributed by atoms with Gasteiger partial charge in [0.25, 0.3) is 0 Å². The van der Waals surface area contributed by atoms with Crippen molar-refractivity contribution in [2.75, 3.05) is 6.54 Å². The van der Waals surface area contributed by atoms with E-state index in [4.69, 9.17) is 0 Å². The summed E-state index contributed by atoms with van der Waals surface area (Å²) in [5, 5.41) is 10.4. The molecule has 0 aliphatic rings. The molecular weight excluding hydrogens is 324 g/mol. The monoisotopic (exact) mass is 341 g/mol. The van der Waals surface area contributed by atoms with Crippen molar-refractivity contribution in [2.24, 2.45) is 0 Å². The van der Waals surface area contributed by atoms with Crippen LogP contribution in [0.1, 0.15) is 18.1 Å². The fourth-order valence-corrected chi connectivity index (χ4v) is 3.50. The Morgan fingerprint density at radius 3 is 2.22 bits per heavy atom. The van der Waals surface area contributed by atoms with Crippen LogP contribution in [-0.2, 0) is 15.6 Å². The molecule has 0 aromatic heterocycles. The van der Waals surface area contributed by atoms with Gasteiger partial charge in [-0.25, -0.2) is 21.9 Å². The van der Waals surface area contributed by atoms with Gasteiger partial charge < -0.3 is 5.11 Å². The van der Waals surface area contributed by atoms with Crippen LogP contribution in [0.4, 0.5) is 8.78 Å². The summed E-state index contributed by atoms with van der Waals surface area (Å²) in [5.74, 6) is -0.980. The molecule has 7 heteroatoms. The van der Waals surface area contributed by atoms with Gasteiger partial charge in [0.2, 0.25) is 10.0 Å². The van der Waals surface area contributed by atoms with Crippen molar-refractivity contribution in [3.63, 3.8) is 0 Å². The predicted molar refractivity (Wildman–Crippen MR) is 82.3 cm³/mol. The Morgan fingerprint density at radius 2 is 1.65 bits per heavy atom. The first-order chi connectivity index (χ1) is 10.6. The Balaban J connectivity index is 2.19. The lowest BCUT2D eigenvalue weighted by molar-refractivity contribution is 0.0627. The maximum Gasteiger partial charge on any atom is 0.240 e. The molecule has 0 spiro atoms. The molecule has 1 unspecified atom stereocenters. The molecule has 2 aromatic rings. The van der Waals surface area contributed by atoms with Gasteiger partial charge in [-0.3, -0.25) is 0 Å². The van der Waals surface area contributed by atoms with Crippen LogP contribution in [-0.4, -0.2) is 20.1 Å². The van der Waals surface area contributed by atoms with E-state index >= 15 is 0 Å². The Bertz CT molecular complexity index is 803. The maximum atomic E-state index is 13.1. The van der Waals surface area contributed by atoms with Crippen molar-refractivity contribution in [3.05, 3.63) is 65.2 Å². The largest absolute Gasteiger partial charge is 0.384 e. The van der Waals surface area contributed by atoms with Gasteiger partial charge in [0.15, 0.2) is 0 Å². The van der Waals surface area contributed by atoms with Gasteiger partial charge in [0, 0.05) is 6.54 Å². The molecule has 2 rings (SSSR count). The molecule has 0 saturated carbocycles. The van der Waals surface area contributed by atoms with Crippen LogP contribution in [0.5, 0.6) is 0 Å². The lowest BCUT2D eigenvalue weighted by atomic mass is 9.96. The van der Waals surface area contributed by atoms with E-state index in [-0.39, 0.29) is 17.0 Å². The molecule has 0 aliphatic heterocycles. The van der Waals surface area contributed by atoms with Crippen LogP contribution in [0, 0.1) is 18.6 Å². The third-order valence-corrected chi connectivity index (χ3v) is 5.06. The van der Waals surface area contributed by atoms with Gasteiger partial charge in [-0.1, -0.05) is 12.1 Å². The summed E-state index contributed by atoms with van der Waals surface area (Å²) in [6, 6.07) is 8.47. The Kier molecular flexibility index (Phi) is 4.84. The molecule has 0 aliphatic carbocycles. The minimum atomic E-state index is -3.91. The van der Waals surface area contributed by atoms with Crippen LogP contribution in [0.25, 0.3) is 0 Å². The second-order valence-corrected chi connectivity index (χ2v) is 7.25. The first kappa shape index (κ1) is 17.5. The van der Waals surface area contributed by atoms with Gasteiger partial charge in [-0.2, -0.15) is 0 Å². The molecule has 4 nitrogen and oxygen atoms in total. The number of hydrogen-bond acceptors (Lipinski definition) is 3. The van der Waals surface area contributed by atoms with E-state index in [1.54, 1.807) is 0 Å². The van der Waals surface area contributed by atoms with Crippen molar-refractivity contribution < 1.29 is 22.3 Å². The molecular formula is C16H17F2NO3S. The summed E-state index contributed by atoms with van der Waals surface area (Å²) in [7, 11) is -3.91. The second-order valence-electron chi connectivity index (χ2n) is 5.52. The van der Waals surface area contributed by atoms with E-state index in [0.29, 0.717) is 5.56 Å². The van der Waals surface area contributed by atoms with E-state index in [1.165, 1.54) is 44.2 Å². The number of aryl methyl sites for hydroxylation is 1. The maximum absolute atomic E-state index is 13.1. The van der Waals surface area contributed by atoms with Gasteiger partial charge in [-0.05, 0) is 55.3 Å². The van der Waals surface area contributed by atoms with E-state index in [2.05, 4.69) is 4.72 Å². The average Bonchev–Trinajstić information content (AvgIpc) is 2.45. The highest BCUT2D eigenvalue weighted by molar-refractivity contribution is 7.89. The highest BCUT2D eigenvalue weighted by atomic mass is 32.2. The molecule has 0 saturated heterocycles. The fourth-order valence-electron chi connectivity index (χ4n) is 2.14. The molecule has 0 bridgehead atoms. The highest BCUT2D eigenvalue weighted by Gasteiger charge is 2.27. The molecule has 0 fully saturated rings. The number of aliphatic hydroxyl groups is 1. The average molecular weight is 341 g/mol. The Hall–Kier alpha value is -1.83. The smallest absolute Gasteiger partial charge is 0.240 e. The summed E-state index contributed by atoms with van der Waals surface area (Å²) < 4.78 is 52.9. The third kappa shape index (κ3) is 4.13. The minimum Gasteiger partial charge on any atom is -0.384 e. The summed E-state index contributed by atoms with van der Waals surface area (Å²) in [6.07, 6.45) is 0. The molecule has 1 atom stereocenters. The van der Waals surface area contributed by atoms with E-state index in [0.717, 1.165) is 12.1 Å². The molecule has 0 amide bonds. The van der Waals surface area contributed by atoms with Gasteiger partial charge in [0.05, 0.1) is 4.90 Å². The lowest BCUT2D eigenvalue weighted by Crippen LogP contribution is -2.38. The zero-order valence-corrected chi connectivity index (χ0v) is 13.5. The topological polar surface area (TPSA) is 66.4 Å². The number of sulfonamides is 1. The Morgan fingerprint density at radius 1 is 1.09 bits per heavy atom. The van der Waals surface area contributed by atoms with Crippen molar-refractivity contribution in [1.29, 1.82) is 0 Å². The predicted octanol–water partition coefficient (Wildman–Crippen LogP) is 2.46. The van der Waals surface area contributed by atoms with Crippen LogP contribution < -0.4 is 4.72 Å². The molecule has 124 valence electrons. The Labute approximate surface area is 133 Å². The summed E-state index contributed by atoms with van der Waals surface area (Å²) in [5.41, 5.74) is -0.884. The summed E-state index contributed by atoms with van der Waals surface area (Å²) in [4.78, 5) is -0.0613. The number of benzene rings is 2. The third-order valence-electron chi connectivity index (χ3n) is 3.50. The molecule has 23 heavy (non-hydrogen) atoms. The highest BCUT2D eigenvalue weighted by Crippen LogP contribution is 2.22. The van der Waals surface area contributed by atoms with Crippen LogP contribution >= 0.6 is 0 Å². The molecule has 0 heterocycles. The lowest BCUT2D eigenvalue weighted by Gasteiger charge is -2.24. The SMILES string of the molecule is Cc1cc(F)ccc1S(=O)(=O)NCC(C)(O)c1ccc(F)cc1. The zero-order valence-electron chi connectivity index (χ0n) is 12.7. The van der Waals surface area contributed by atoms with Crippen molar-refractivity contribution >= 4 is 10.0 Å². The first-order valence-electron chi connectivity index (χ1n) is 6.86. The van der Waals surface area contributed by atoms with E-state index in [9.17, 15) is 22.3 Å². The molecule has 0 radical (unpaired) electrons. The summed E-state index contributed by atoms with van der Waals surface area (Å²) in [6.45, 7) is 2.59. The van der Waals surface area contributed by atoms with Gasteiger partial charge in [0.1, 0.15) is 17.2 Å². The van der Waals surface area contributed by atoms with Crippen LogP contribution in [0.15, 0.2) is 47.4 Å². The first-order valence-corrected chi connectivity index (χ1v) is 8.34. The number of nitrogens with one attached hydrogen (secondary N) is 1. The van der Waals surface area contributed by atoms with Crippen LogP contribution in [0.3, 0.4) is 0 Å². The quantitative estimate of drug-likeness (QED) is 0.878. The second kappa shape index (κ2) is 6.35. The fraction of sp³-hybridized carbons (Fsp3) is 0.250. The van der Waals surface area contributed by atoms with Crippen LogP contribution in [0.2, 0.25) is 0 Å². The minimum absolute atomic E-state index is 0.0613. The van der Waals surface area contributed by atoms with Gasteiger partial charge >= 0.3 is 0 Å². The van der Waals surface area contributed by atoms with Crippen molar-refractivity contribution in [3.8, 4) is 0 Å². The summed E-state index contributed by atoms with van der Waals surface area (Å²) >= 11 is 0. The van der Waals surface area contributed by atoms with Gasteiger partial charge in [-0.15, -0.1) is 0 Å². The standard InChI is InChI=1S/C16H17F2NO3S/c1-11-9-14(18)7-8-15(11)23(21,22)19-10-16(2,20)12-3-5-13(17)6-4-12/h3-9,19-20H,10H2,1-2H3. The number of rotatable bonds is 5. The number of halogens is 2. The molecule has 2 N–H and O–H groups in total. The van der Waals surface area contributed by atoms with E-state index < -0.39 is 27.3 Å². The van der Waals surface area contributed by atoms with Crippen molar-refractivity contribution in [2.45, 2.75) is 24.3 Å². The zero-order chi connectivity index (χ0) is 17.3. The number of hydrogen-bond donors (Lipinski definition) is 2. The normalized spacial score (nSPS) is 14.5. The van der Waals surface area contributed by atoms with Crippen molar-refractivity contribution in [1.82, 2.24) is 4.72 Å². The molecule has 2 aromatic carbocycles.